The first-order chi connectivity index (χ1) is 7.15. The van der Waals surface area contributed by atoms with E-state index >= 15 is 0 Å². The van der Waals surface area contributed by atoms with Crippen LogP contribution in [0, 0.1) is 0 Å². The summed E-state index contributed by atoms with van der Waals surface area (Å²) in [4.78, 5) is 0. The Labute approximate surface area is 117 Å². The van der Waals surface area contributed by atoms with Crippen molar-refractivity contribution < 1.29 is 0 Å². The number of benzene rings is 1. The van der Waals surface area contributed by atoms with Crippen molar-refractivity contribution in [1.82, 2.24) is 0 Å². The highest BCUT2D eigenvalue weighted by Gasteiger charge is 2.09. The van der Waals surface area contributed by atoms with Crippen molar-refractivity contribution in [2.24, 2.45) is 5.73 Å². The molecule has 0 unspecified atom stereocenters. The molecule has 0 spiro atoms. The predicted molar refractivity (Wildman–Crippen MR) is 77.5 cm³/mol. The van der Waals surface area contributed by atoms with Crippen molar-refractivity contribution in [3.63, 3.8) is 0 Å². The third kappa shape index (κ3) is 5.05. The van der Waals surface area contributed by atoms with Crippen molar-refractivity contribution in [2.75, 3.05) is 0 Å². The minimum atomic E-state index is 0. The van der Waals surface area contributed by atoms with Crippen LogP contribution in [-0.4, -0.2) is 0 Å². The van der Waals surface area contributed by atoms with E-state index in [2.05, 4.69) is 22.9 Å². The van der Waals surface area contributed by atoms with Gasteiger partial charge in [0.2, 0.25) is 0 Å². The average molecular weight is 327 g/mol. The number of halogens is 3. The Kier molecular flexibility index (Phi) is 8.47. The summed E-state index contributed by atoms with van der Waals surface area (Å²) in [5.74, 6) is 0. The maximum Gasteiger partial charge on any atom is 0.0454 e. The molecule has 92 valence electrons. The maximum absolute atomic E-state index is 6.10. The van der Waals surface area contributed by atoms with Crippen LogP contribution in [0.5, 0.6) is 0 Å². The van der Waals surface area contributed by atoms with E-state index in [0.717, 1.165) is 21.5 Å². The predicted octanol–water partition coefficient (Wildman–Crippen LogP) is 5.10. The van der Waals surface area contributed by atoms with Gasteiger partial charge in [-0.05, 0) is 30.2 Å². The van der Waals surface area contributed by atoms with Crippen LogP contribution in [0.3, 0.4) is 0 Å². The standard InChI is InChI=1S/C12H17BrClN.ClH/c1-2-3-4-5-12(15)10-8-9(13)6-7-11(10)14;/h6-8,12H,2-5,15H2,1H3;1H/t12-;/m1./s1. The quantitative estimate of drug-likeness (QED) is 0.748. The normalized spacial score (nSPS) is 12.0. The van der Waals surface area contributed by atoms with E-state index < -0.39 is 0 Å². The van der Waals surface area contributed by atoms with Crippen LogP contribution in [0.25, 0.3) is 0 Å². The molecule has 0 amide bonds. The minimum absolute atomic E-state index is 0. The number of hydrogen-bond acceptors (Lipinski definition) is 1. The Hall–Kier alpha value is 0.240. The molecule has 0 saturated carbocycles. The SMILES string of the molecule is CCCCC[C@@H](N)c1cc(Br)ccc1Cl.Cl. The van der Waals surface area contributed by atoms with E-state index in [-0.39, 0.29) is 18.4 Å². The third-order valence-corrected chi connectivity index (χ3v) is 3.31. The molecular formula is C12H18BrCl2N. The Morgan fingerprint density at radius 3 is 2.69 bits per heavy atom. The van der Waals surface area contributed by atoms with Crippen molar-refractivity contribution in [1.29, 1.82) is 0 Å². The van der Waals surface area contributed by atoms with Crippen molar-refractivity contribution >= 4 is 39.9 Å². The van der Waals surface area contributed by atoms with Crippen molar-refractivity contribution in [3.8, 4) is 0 Å². The minimum Gasteiger partial charge on any atom is -0.324 e. The zero-order valence-electron chi connectivity index (χ0n) is 9.38. The summed E-state index contributed by atoms with van der Waals surface area (Å²) in [5.41, 5.74) is 7.14. The summed E-state index contributed by atoms with van der Waals surface area (Å²) < 4.78 is 1.04. The van der Waals surface area contributed by atoms with Gasteiger partial charge >= 0.3 is 0 Å². The molecule has 0 saturated heterocycles. The molecule has 1 aromatic carbocycles. The number of rotatable bonds is 5. The van der Waals surface area contributed by atoms with E-state index in [1.807, 2.05) is 18.2 Å². The van der Waals surface area contributed by atoms with Crippen LogP contribution >= 0.6 is 39.9 Å². The number of unbranched alkanes of at least 4 members (excludes halogenated alkanes) is 2. The van der Waals surface area contributed by atoms with Crippen LogP contribution in [0.4, 0.5) is 0 Å². The van der Waals surface area contributed by atoms with Gasteiger partial charge in [-0.25, -0.2) is 0 Å². The van der Waals surface area contributed by atoms with Gasteiger partial charge in [-0.2, -0.15) is 0 Å². The summed E-state index contributed by atoms with van der Waals surface area (Å²) in [6.45, 7) is 2.19. The van der Waals surface area contributed by atoms with Gasteiger partial charge in [-0.3, -0.25) is 0 Å². The molecule has 0 heterocycles. The summed E-state index contributed by atoms with van der Waals surface area (Å²) in [7, 11) is 0. The van der Waals surface area contributed by atoms with Gasteiger partial charge in [0.25, 0.3) is 0 Å². The Morgan fingerprint density at radius 2 is 2.06 bits per heavy atom. The lowest BCUT2D eigenvalue weighted by Gasteiger charge is -2.13. The molecule has 0 aromatic heterocycles. The lowest BCUT2D eigenvalue weighted by molar-refractivity contribution is 0.581. The van der Waals surface area contributed by atoms with Gasteiger partial charge in [-0.1, -0.05) is 53.7 Å². The molecule has 0 aliphatic rings. The molecule has 0 bridgehead atoms. The monoisotopic (exact) mass is 325 g/mol. The molecular weight excluding hydrogens is 309 g/mol. The molecule has 2 N–H and O–H groups in total. The van der Waals surface area contributed by atoms with Crippen molar-refractivity contribution in [3.05, 3.63) is 33.3 Å². The molecule has 0 radical (unpaired) electrons. The van der Waals surface area contributed by atoms with Crippen LogP contribution < -0.4 is 5.73 Å². The zero-order chi connectivity index (χ0) is 11.3. The summed E-state index contributed by atoms with van der Waals surface area (Å²) in [6.07, 6.45) is 4.63. The Morgan fingerprint density at radius 1 is 1.38 bits per heavy atom. The fourth-order valence-electron chi connectivity index (χ4n) is 1.57. The summed E-state index contributed by atoms with van der Waals surface area (Å²) in [5, 5.41) is 0.766. The second kappa shape index (κ2) is 8.35. The Balaban J connectivity index is 0.00000225. The van der Waals surface area contributed by atoms with Gasteiger partial charge in [0.05, 0.1) is 0 Å². The van der Waals surface area contributed by atoms with E-state index in [0.29, 0.717) is 0 Å². The first kappa shape index (κ1) is 16.2. The fourth-order valence-corrected chi connectivity index (χ4v) is 2.20. The third-order valence-electron chi connectivity index (χ3n) is 2.48. The molecule has 1 nitrogen and oxygen atoms in total. The van der Waals surface area contributed by atoms with Gasteiger partial charge < -0.3 is 5.73 Å². The maximum atomic E-state index is 6.10. The lowest BCUT2D eigenvalue weighted by atomic mass is 10.0. The molecule has 1 atom stereocenters. The zero-order valence-corrected chi connectivity index (χ0v) is 12.5. The molecule has 0 fully saturated rings. The highest BCUT2D eigenvalue weighted by atomic mass is 79.9. The van der Waals surface area contributed by atoms with Crippen LogP contribution in [0.2, 0.25) is 5.02 Å². The van der Waals surface area contributed by atoms with E-state index in [1.165, 1.54) is 19.3 Å². The van der Waals surface area contributed by atoms with E-state index in [4.69, 9.17) is 17.3 Å². The molecule has 4 heteroatoms. The summed E-state index contributed by atoms with van der Waals surface area (Å²) >= 11 is 9.54. The van der Waals surface area contributed by atoms with Gasteiger partial charge in [0, 0.05) is 15.5 Å². The lowest BCUT2D eigenvalue weighted by Crippen LogP contribution is -2.10. The average Bonchev–Trinajstić information content (AvgIpc) is 2.22. The second-order valence-corrected chi connectivity index (χ2v) is 5.09. The molecule has 0 aliphatic carbocycles. The number of nitrogens with two attached hydrogens (primary N) is 1. The smallest absolute Gasteiger partial charge is 0.0454 e. The molecule has 1 rings (SSSR count). The first-order valence-electron chi connectivity index (χ1n) is 5.35. The topological polar surface area (TPSA) is 26.0 Å². The molecule has 1 aromatic rings. The molecule has 16 heavy (non-hydrogen) atoms. The van der Waals surface area contributed by atoms with Gasteiger partial charge in [0.15, 0.2) is 0 Å². The van der Waals surface area contributed by atoms with E-state index in [9.17, 15) is 0 Å². The molecule has 0 aliphatic heterocycles. The second-order valence-electron chi connectivity index (χ2n) is 3.77. The van der Waals surface area contributed by atoms with Gasteiger partial charge in [-0.15, -0.1) is 12.4 Å². The number of hydrogen-bond donors (Lipinski definition) is 1. The van der Waals surface area contributed by atoms with E-state index in [1.54, 1.807) is 0 Å². The highest BCUT2D eigenvalue weighted by molar-refractivity contribution is 9.10. The highest BCUT2D eigenvalue weighted by Crippen LogP contribution is 2.27. The largest absolute Gasteiger partial charge is 0.324 e. The summed E-state index contributed by atoms with van der Waals surface area (Å²) in [6, 6.07) is 5.89. The van der Waals surface area contributed by atoms with Crippen LogP contribution in [-0.2, 0) is 0 Å². The van der Waals surface area contributed by atoms with Crippen LogP contribution in [0.1, 0.15) is 44.2 Å². The first-order valence-corrected chi connectivity index (χ1v) is 6.52. The Bertz CT molecular complexity index is 318. The fraction of sp³-hybridized carbons (Fsp3) is 0.500. The van der Waals surface area contributed by atoms with Crippen LogP contribution in [0.15, 0.2) is 22.7 Å². The van der Waals surface area contributed by atoms with Crippen molar-refractivity contribution in [2.45, 2.75) is 38.6 Å². The van der Waals surface area contributed by atoms with Gasteiger partial charge in [0.1, 0.15) is 0 Å².